The first-order valence-corrected chi connectivity index (χ1v) is 2.96. The molecule has 0 aliphatic heterocycles. The van der Waals surface area contributed by atoms with Gasteiger partial charge in [-0.05, 0) is 6.07 Å². The molecule has 4 heteroatoms. The van der Waals surface area contributed by atoms with Crippen molar-refractivity contribution in [2.45, 2.75) is 0 Å². The minimum Gasteiger partial charge on any atom is -0.366 e. The van der Waals surface area contributed by atoms with Crippen molar-refractivity contribution in [3.05, 3.63) is 29.6 Å². The highest BCUT2D eigenvalue weighted by Crippen LogP contribution is 2.02. The summed E-state index contributed by atoms with van der Waals surface area (Å²) in [7, 11) is 5.29. The van der Waals surface area contributed by atoms with Crippen LogP contribution in [0.1, 0.15) is 10.4 Å². The van der Waals surface area contributed by atoms with Crippen molar-refractivity contribution >= 4 is 19.2 Å². The third kappa shape index (κ3) is 1.58. The van der Waals surface area contributed by atoms with Gasteiger partial charge in [-0.2, -0.15) is 0 Å². The fourth-order valence-electron chi connectivity index (χ4n) is 0.732. The van der Waals surface area contributed by atoms with Crippen molar-refractivity contribution in [2.24, 2.45) is 5.73 Å². The molecule has 0 heterocycles. The van der Waals surface area contributed by atoms with Crippen LogP contribution in [0.25, 0.3) is 0 Å². The Bertz CT molecular complexity index is 300. The average Bonchev–Trinajstić information content (AvgIpc) is 1.94. The zero-order chi connectivity index (χ0) is 8.43. The molecule has 1 aromatic carbocycles. The molecule has 11 heavy (non-hydrogen) atoms. The van der Waals surface area contributed by atoms with Crippen LogP contribution in [0.5, 0.6) is 0 Å². The lowest BCUT2D eigenvalue weighted by Crippen LogP contribution is -2.16. The van der Waals surface area contributed by atoms with E-state index in [2.05, 4.69) is 0 Å². The molecule has 0 aliphatic rings. The number of carbonyl (C=O) groups excluding carboxylic acids is 1. The first kappa shape index (κ1) is 7.79. The number of amides is 1. The fourth-order valence-corrected chi connectivity index (χ4v) is 0.732. The van der Waals surface area contributed by atoms with E-state index < -0.39 is 11.7 Å². The Morgan fingerprint density at radius 3 is 2.64 bits per heavy atom. The van der Waals surface area contributed by atoms with Crippen molar-refractivity contribution in [1.29, 1.82) is 0 Å². The third-order valence-corrected chi connectivity index (χ3v) is 1.26. The maximum atomic E-state index is 12.7. The standard InChI is InChI=1S/C7H5BFNO/c8-4-1-2-6(9)5(3-4)7(10)11/h1-3H,(H2,10,11). The summed E-state index contributed by atoms with van der Waals surface area (Å²) in [5.74, 6) is -1.46. The van der Waals surface area contributed by atoms with Crippen LogP contribution in [0, 0.1) is 5.82 Å². The molecule has 0 unspecified atom stereocenters. The van der Waals surface area contributed by atoms with Crippen molar-refractivity contribution in [1.82, 2.24) is 0 Å². The molecule has 0 saturated heterocycles. The van der Waals surface area contributed by atoms with Gasteiger partial charge < -0.3 is 5.73 Å². The summed E-state index contributed by atoms with van der Waals surface area (Å²) in [4.78, 5) is 10.5. The maximum Gasteiger partial charge on any atom is 0.251 e. The van der Waals surface area contributed by atoms with E-state index >= 15 is 0 Å². The predicted octanol–water partition coefficient (Wildman–Crippen LogP) is -0.282. The van der Waals surface area contributed by atoms with Gasteiger partial charge in [0.05, 0.1) is 5.56 Å². The lowest BCUT2D eigenvalue weighted by atomic mass is 9.94. The minimum atomic E-state index is -0.810. The molecule has 1 rings (SSSR count). The highest BCUT2D eigenvalue weighted by Gasteiger charge is 2.06. The topological polar surface area (TPSA) is 43.1 Å². The van der Waals surface area contributed by atoms with Gasteiger partial charge in [-0.15, -0.1) is 0 Å². The van der Waals surface area contributed by atoms with Gasteiger partial charge in [-0.3, -0.25) is 4.79 Å². The highest BCUT2D eigenvalue weighted by atomic mass is 19.1. The number of benzene rings is 1. The number of primary amides is 1. The molecule has 0 aromatic heterocycles. The van der Waals surface area contributed by atoms with Crippen LogP contribution in [0.15, 0.2) is 18.2 Å². The van der Waals surface area contributed by atoms with Crippen molar-refractivity contribution in [3.8, 4) is 0 Å². The number of carbonyl (C=O) groups is 1. The first-order valence-electron chi connectivity index (χ1n) is 2.96. The van der Waals surface area contributed by atoms with Gasteiger partial charge in [0.15, 0.2) is 0 Å². The van der Waals surface area contributed by atoms with Crippen LogP contribution >= 0.6 is 0 Å². The van der Waals surface area contributed by atoms with Gasteiger partial charge in [0, 0.05) is 0 Å². The molecule has 2 nitrogen and oxygen atoms in total. The Balaban J connectivity index is 3.23. The van der Waals surface area contributed by atoms with Gasteiger partial charge in [0.25, 0.3) is 5.91 Å². The van der Waals surface area contributed by atoms with E-state index in [0.717, 1.165) is 6.07 Å². The van der Waals surface area contributed by atoms with Crippen LogP contribution < -0.4 is 11.2 Å². The lowest BCUT2D eigenvalue weighted by Gasteiger charge is -1.98. The van der Waals surface area contributed by atoms with Crippen LogP contribution in [-0.2, 0) is 0 Å². The summed E-state index contributed by atoms with van der Waals surface area (Å²) in [6.45, 7) is 0. The van der Waals surface area contributed by atoms with E-state index in [0.29, 0.717) is 5.46 Å². The van der Waals surface area contributed by atoms with E-state index in [1.807, 2.05) is 0 Å². The molecule has 1 aromatic rings. The predicted molar refractivity (Wildman–Crippen MR) is 40.3 cm³/mol. The van der Waals surface area contributed by atoms with Crippen LogP contribution in [-0.4, -0.2) is 13.8 Å². The SMILES string of the molecule is [B]c1ccc(F)c(C(N)=O)c1. The monoisotopic (exact) mass is 149 g/mol. The summed E-state index contributed by atoms with van der Waals surface area (Å²) in [5, 5.41) is 0. The first-order chi connectivity index (χ1) is 5.11. The number of nitrogens with two attached hydrogens (primary N) is 1. The van der Waals surface area contributed by atoms with E-state index in [-0.39, 0.29) is 5.56 Å². The normalized spacial score (nSPS) is 9.55. The Hall–Kier alpha value is -1.32. The average molecular weight is 149 g/mol. The zero-order valence-electron chi connectivity index (χ0n) is 5.67. The number of hydrogen-bond acceptors (Lipinski definition) is 1. The molecule has 2 N–H and O–H groups in total. The second kappa shape index (κ2) is 2.74. The highest BCUT2D eigenvalue weighted by molar-refractivity contribution is 6.32. The van der Waals surface area contributed by atoms with Gasteiger partial charge >= 0.3 is 0 Å². The maximum absolute atomic E-state index is 12.7. The van der Waals surface area contributed by atoms with Crippen LogP contribution in [0.2, 0.25) is 0 Å². The molecule has 1 amide bonds. The second-order valence-corrected chi connectivity index (χ2v) is 2.10. The van der Waals surface area contributed by atoms with Crippen LogP contribution in [0.3, 0.4) is 0 Å². The summed E-state index contributed by atoms with van der Waals surface area (Å²) in [6.07, 6.45) is 0. The second-order valence-electron chi connectivity index (χ2n) is 2.10. The molecule has 0 bridgehead atoms. The summed E-state index contributed by atoms with van der Waals surface area (Å²) >= 11 is 0. The van der Waals surface area contributed by atoms with Gasteiger partial charge in [0.2, 0.25) is 0 Å². The summed E-state index contributed by atoms with van der Waals surface area (Å²) in [6, 6.07) is 3.68. The molecule has 0 aliphatic carbocycles. The quantitative estimate of drug-likeness (QED) is 0.548. The largest absolute Gasteiger partial charge is 0.366 e. The van der Waals surface area contributed by atoms with E-state index in [1.54, 1.807) is 0 Å². The fraction of sp³-hybridized carbons (Fsp3) is 0. The third-order valence-electron chi connectivity index (χ3n) is 1.26. The van der Waals surface area contributed by atoms with Gasteiger partial charge in [-0.25, -0.2) is 4.39 Å². The van der Waals surface area contributed by atoms with Gasteiger partial charge in [0.1, 0.15) is 13.7 Å². The lowest BCUT2D eigenvalue weighted by molar-refractivity contribution is 0.0996. The molecular formula is C7H5BFNO. The Morgan fingerprint density at radius 1 is 1.55 bits per heavy atom. The number of halogens is 1. The zero-order valence-corrected chi connectivity index (χ0v) is 5.67. The Labute approximate surface area is 64.6 Å². The molecule has 2 radical (unpaired) electrons. The Kier molecular flexibility index (Phi) is 1.94. The summed E-state index contributed by atoms with van der Waals surface area (Å²) < 4.78 is 12.7. The van der Waals surface area contributed by atoms with Gasteiger partial charge in [-0.1, -0.05) is 17.6 Å². The van der Waals surface area contributed by atoms with E-state index in [1.165, 1.54) is 12.1 Å². The molecule has 0 spiro atoms. The molecule has 0 fully saturated rings. The molecule has 54 valence electrons. The minimum absolute atomic E-state index is 0.176. The number of rotatable bonds is 1. The molecular weight excluding hydrogens is 144 g/mol. The van der Waals surface area contributed by atoms with Crippen LogP contribution in [0.4, 0.5) is 4.39 Å². The molecule has 0 saturated carbocycles. The smallest absolute Gasteiger partial charge is 0.251 e. The molecule has 0 atom stereocenters. The van der Waals surface area contributed by atoms with Crippen molar-refractivity contribution in [3.63, 3.8) is 0 Å². The summed E-state index contributed by atoms with van der Waals surface area (Å²) in [5.41, 5.74) is 4.99. The van der Waals surface area contributed by atoms with Crippen molar-refractivity contribution < 1.29 is 9.18 Å². The van der Waals surface area contributed by atoms with Crippen molar-refractivity contribution in [2.75, 3.05) is 0 Å². The van der Waals surface area contributed by atoms with E-state index in [4.69, 9.17) is 13.6 Å². The number of hydrogen-bond donors (Lipinski definition) is 1. The van der Waals surface area contributed by atoms with E-state index in [9.17, 15) is 9.18 Å². The Morgan fingerprint density at radius 2 is 2.18 bits per heavy atom.